The van der Waals surface area contributed by atoms with Crippen molar-refractivity contribution in [3.05, 3.63) is 17.7 Å². The van der Waals surface area contributed by atoms with Gasteiger partial charge in [-0.3, -0.25) is 0 Å². The third kappa shape index (κ3) is 3.44. The van der Waals surface area contributed by atoms with Gasteiger partial charge in [-0.2, -0.15) is 0 Å². The van der Waals surface area contributed by atoms with Crippen molar-refractivity contribution in [1.29, 1.82) is 0 Å². The predicted octanol–water partition coefficient (Wildman–Crippen LogP) is 0.876. The molecule has 4 N–H and O–H groups in total. The first kappa shape index (κ1) is 14.0. The van der Waals surface area contributed by atoms with E-state index in [4.69, 9.17) is 25.7 Å². The van der Waals surface area contributed by atoms with E-state index in [-0.39, 0.29) is 5.96 Å². The van der Waals surface area contributed by atoms with Crippen LogP contribution in [0.3, 0.4) is 0 Å². The molecule has 0 unspecified atom stereocenters. The molecule has 0 fully saturated rings. The molecule has 0 aliphatic rings. The van der Waals surface area contributed by atoms with E-state index < -0.39 is 0 Å². The Balaban J connectivity index is 3.13. The average Bonchev–Trinajstić information content (AvgIpc) is 2.37. The molecule has 0 heterocycles. The van der Waals surface area contributed by atoms with Gasteiger partial charge in [0.15, 0.2) is 17.5 Å². The summed E-state index contributed by atoms with van der Waals surface area (Å²) in [6, 6.07) is 3.64. The smallest absolute Gasteiger partial charge is 0.203 e. The van der Waals surface area contributed by atoms with Crippen LogP contribution in [0, 0.1) is 0 Å². The first-order valence-electron chi connectivity index (χ1n) is 5.55. The summed E-state index contributed by atoms with van der Waals surface area (Å²) in [4.78, 5) is 3.94. The van der Waals surface area contributed by atoms with E-state index in [2.05, 4.69) is 4.99 Å². The Morgan fingerprint density at radius 2 is 1.72 bits per heavy atom. The van der Waals surface area contributed by atoms with E-state index in [9.17, 15) is 0 Å². The average molecular weight is 253 g/mol. The van der Waals surface area contributed by atoms with Crippen LogP contribution in [-0.2, 0) is 6.54 Å². The molecule has 0 aliphatic carbocycles. The molecule has 0 atom stereocenters. The molecule has 6 nitrogen and oxygen atoms in total. The van der Waals surface area contributed by atoms with Crippen molar-refractivity contribution in [3.63, 3.8) is 0 Å². The van der Waals surface area contributed by atoms with Gasteiger partial charge in [0.05, 0.1) is 27.4 Å². The standard InChI is InChI=1S/C12H19N3O3/c1-4-18-11-9(16-2)5-8(6-10(11)17-3)7-15-12(13)14/h5-6H,4,7H2,1-3H3,(H4,13,14,15). The van der Waals surface area contributed by atoms with Crippen LogP contribution in [-0.4, -0.2) is 26.8 Å². The summed E-state index contributed by atoms with van der Waals surface area (Å²) in [5.41, 5.74) is 11.5. The quantitative estimate of drug-likeness (QED) is 0.580. The number of guanidine groups is 1. The lowest BCUT2D eigenvalue weighted by Gasteiger charge is -2.14. The molecule has 0 aliphatic heterocycles. The Bertz CT molecular complexity index is 404. The maximum Gasteiger partial charge on any atom is 0.203 e. The van der Waals surface area contributed by atoms with Crippen molar-refractivity contribution in [2.24, 2.45) is 16.5 Å². The fourth-order valence-electron chi connectivity index (χ4n) is 1.49. The molecule has 0 aromatic heterocycles. The van der Waals surface area contributed by atoms with Gasteiger partial charge in [0, 0.05) is 0 Å². The number of hydrogen-bond donors (Lipinski definition) is 2. The predicted molar refractivity (Wildman–Crippen MR) is 70.2 cm³/mol. The second-order valence-corrected chi connectivity index (χ2v) is 3.50. The molecule has 0 amide bonds. The van der Waals surface area contributed by atoms with E-state index in [0.717, 1.165) is 5.56 Å². The highest BCUT2D eigenvalue weighted by molar-refractivity contribution is 5.75. The zero-order valence-corrected chi connectivity index (χ0v) is 10.9. The van der Waals surface area contributed by atoms with Crippen molar-refractivity contribution in [2.75, 3.05) is 20.8 Å². The Kier molecular flexibility index (Phi) is 5.10. The lowest BCUT2D eigenvalue weighted by Crippen LogP contribution is -2.22. The minimum absolute atomic E-state index is 0.0434. The highest BCUT2D eigenvalue weighted by Gasteiger charge is 2.13. The number of nitrogens with zero attached hydrogens (tertiary/aromatic N) is 1. The Labute approximate surface area is 107 Å². The van der Waals surface area contributed by atoms with Gasteiger partial charge in [0.2, 0.25) is 5.75 Å². The summed E-state index contributed by atoms with van der Waals surface area (Å²) < 4.78 is 16.0. The molecular weight excluding hydrogens is 234 g/mol. The van der Waals surface area contributed by atoms with Crippen LogP contribution in [0.4, 0.5) is 0 Å². The van der Waals surface area contributed by atoms with Crippen molar-refractivity contribution in [3.8, 4) is 17.2 Å². The van der Waals surface area contributed by atoms with Crippen molar-refractivity contribution < 1.29 is 14.2 Å². The number of nitrogens with two attached hydrogens (primary N) is 2. The minimum Gasteiger partial charge on any atom is -0.493 e. The van der Waals surface area contributed by atoms with E-state index >= 15 is 0 Å². The van der Waals surface area contributed by atoms with E-state index in [0.29, 0.717) is 30.4 Å². The van der Waals surface area contributed by atoms with Crippen LogP contribution in [0.15, 0.2) is 17.1 Å². The first-order chi connectivity index (χ1) is 8.62. The van der Waals surface area contributed by atoms with Crippen molar-refractivity contribution in [2.45, 2.75) is 13.5 Å². The third-order valence-corrected chi connectivity index (χ3v) is 2.25. The summed E-state index contributed by atoms with van der Waals surface area (Å²) in [5.74, 6) is 1.81. The minimum atomic E-state index is 0.0434. The van der Waals surface area contributed by atoms with Crippen LogP contribution in [0.25, 0.3) is 0 Å². The number of hydrogen-bond acceptors (Lipinski definition) is 4. The topological polar surface area (TPSA) is 92.1 Å². The molecule has 0 spiro atoms. The van der Waals surface area contributed by atoms with Gasteiger partial charge in [-0.25, -0.2) is 4.99 Å². The van der Waals surface area contributed by atoms with E-state index in [1.54, 1.807) is 14.2 Å². The molecule has 1 aromatic rings. The van der Waals surface area contributed by atoms with Gasteiger partial charge in [-0.15, -0.1) is 0 Å². The lowest BCUT2D eigenvalue weighted by atomic mass is 10.2. The summed E-state index contributed by atoms with van der Waals surface area (Å²) in [6.07, 6.45) is 0. The zero-order valence-electron chi connectivity index (χ0n) is 10.9. The van der Waals surface area contributed by atoms with Gasteiger partial charge >= 0.3 is 0 Å². The molecule has 0 saturated heterocycles. The van der Waals surface area contributed by atoms with E-state index in [1.165, 1.54) is 0 Å². The van der Waals surface area contributed by atoms with Crippen molar-refractivity contribution >= 4 is 5.96 Å². The Morgan fingerprint density at radius 1 is 1.17 bits per heavy atom. The van der Waals surface area contributed by atoms with Crippen LogP contribution in [0.5, 0.6) is 17.2 Å². The number of ether oxygens (including phenoxy) is 3. The maximum absolute atomic E-state index is 5.50. The largest absolute Gasteiger partial charge is 0.493 e. The maximum atomic E-state index is 5.50. The third-order valence-electron chi connectivity index (χ3n) is 2.25. The highest BCUT2D eigenvalue weighted by atomic mass is 16.5. The molecule has 100 valence electrons. The summed E-state index contributed by atoms with van der Waals surface area (Å²) in [6.45, 7) is 2.79. The monoisotopic (exact) mass is 253 g/mol. The fourth-order valence-corrected chi connectivity index (χ4v) is 1.49. The highest BCUT2D eigenvalue weighted by Crippen LogP contribution is 2.38. The number of rotatable bonds is 6. The second-order valence-electron chi connectivity index (χ2n) is 3.50. The number of benzene rings is 1. The van der Waals surface area contributed by atoms with Crippen LogP contribution in [0.2, 0.25) is 0 Å². The molecule has 6 heteroatoms. The summed E-state index contributed by atoms with van der Waals surface area (Å²) in [5, 5.41) is 0. The molecular formula is C12H19N3O3. The van der Waals surface area contributed by atoms with Gasteiger partial charge in [-0.05, 0) is 24.6 Å². The van der Waals surface area contributed by atoms with Crippen LogP contribution < -0.4 is 25.7 Å². The second kappa shape index (κ2) is 6.58. The molecule has 1 rings (SSSR count). The number of aliphatic imine (C=N–C) groups is 1. The number of methoxy groups -OCH3 is 2. The van der Waals surface area contributed by atoms with Crippen LogP contribution in [0.1, 0.15) is 12.5 Å². The van der Waals surface area contributed by atoms with Crippen LogP contribution >= 0.6 is 0 Å². The molecule has 0 bridgehead atoms. The van der Waals surface area contributed by atoms with Gasteiger partial charge in [0.1, 0.15) is 0 Å². The fraction of sp³-hybridized carbons (Fsp3) is 0.417. The Hall–Kier alpha value is -2.11. The zero-order chi connectivity index (χ0) is 13.5. The molecule has 18 heavy (non-hydrogen) atoms. The summed E-state index contributed by atoms with van der Waals surface area (Å²) in [7, 11) is 3.14. The van der Waals surface area contributed by atoms with Gasteiger partial charge in [-0.1, -0.05) is 0 Å². The summed E-state index contributed by atoms with van der Waals surface area (Å²) >= 11 is 0. The van der Waals surface area contributed by atoms with E-state index in [1.807, 2.05) is 19.1 Å². The normalized spacial score (nSPS) is 9.72. The Morgan fingerprint density at radius 3 is 2.11 bits per heavy atom. The van der Waals surface area contributed by atoms with Crippen molar-refractivity contribution in [1.82, 2.24) is 0 Å². The molecule has 1 aromatic carbocycles. The first-order valence-corrected chi connectivity index (χ1v) is 5.55. The molecule has 0 saturated carbocycles. The lowest BCUT2D eigenvalue weighted by molar-refractivity contribution is 0.288. The van der Waals surface area contributed by atoms with Gasteiger partial charge in [0.25, 0.3) is 0 Å². The SMILES string of the molecule is CCOc1c(OC)cc(CN=C(N)N)cc1OC. The van der Waals surface area contributed by atoms with Gasteiger partial charge < -0.3 is 25.7 Å². The molecule has 0 radical (unpaired) electrons.